The van der Waals surface area contributed by atoms with E-state index < -0.39 is 0 Å². The number of rotatable bonds is 4. The molecule has 0 atom stereocenters. The number of alkyl halides is 1. The number of hydrogen-bond acceptors (Lipinski definition) is 2. The summed E-state index contributed by atoms with van der Waals surface area (Å²) in [5, 5.41) is 0.803. The fraction of sp³-hybridized carbons (Fsp3) is 0.583. The van der Waals surface area contributed by atoms with Crippen LogP contribution in [-0.2, 0) is 0 Å². The second-order valence-corrected chi connectivity index (χ2v) is 5.80. The van der Waals surface area contributed by atoms with Gasteiger partial charge in [-0.1, -0.05) is 28.8 Å². The van der Waals surface area contributed by atoms with Gasteiger partial charge >= 0.3 is 0 Å². The summed E-state index contributed by atoms with van der Waals surface area (Å²) in [5.41, 5.74) is 0. The first-order chi connectivity index (χ1) is 8.22. The van der Waals surface area contributed by atoms with Crippen molar-refractivity contribution in [3.05, 3.63) is 22.6 Å². The SMILES string of the molecule is O=C(c1ccc(Br)o1)N(CCBr)C1CCCC1. The van der Waals surface area contributed by atoms with Gasteiger partial charge in [-0.3, -0.25) is 4.79 Å². The number of carbonyl (C=O) groups is 1. The summed E-state index contributed by atoms with van der Waals surface area (Å²) >= 11 is 6.63. The monoisotopic (exact) mass is 363 g/mol. The topological polar surface area (TPSA) is 33.5 Å². The van der Waals surface area contributed by atoms with E-state index >= 15 is 0 Å². The van der Waals surface area contributed by atoms with Gasteiger partial charge in [0.15, 0.2) is 10.4 Å². The van der Waals surface area contributed by atoms with Gasteiger partial charge in [-0.05, 0) is 40.9 Å². The van der Waals surface area contributed by atoms with Crippen molar-refractivity contribution in [3.63, 3.8) is 0 Å². The van der Waals surface area contributed by atoms with Crippen LogP contribution < -0.4 is 0 Å². The van der Waals surface area contributed by atoms with Crippen LogP contribution in [0.4, 0.5) is 0 Å². The number of furan rings is 1. The Morgan fingerprint density at radius 3 is 2.65 bits per heavy atom. The Labute approximate surface area is 118 Å². The normalized spacial score (nSPS) is 16.4. The first kappa shape index (κ1) is 13.1. The molecule has 0 aliphatic heterocycles. The van der Waals surface area contributed by atoms with E-state index in [2.05, 4.69) is 31.9 Å². The van der Waals surface area contributed by atoms with Gasteiger partial charge in [0, 0.05) is 17.9 Å². The molecule has 0 bridgehead atoms. The van der Waals surface area contributed by atoms with Gasteiger partial charge in [-0.2, -0.15) is 0 Å². The second-order valence-electron chi connectivity index (χ2n) is 4.23. The summed E-state index contributed by atoms with van der Waals surface area (Å²) in [4.78, 5) is 14.3. The van der Waals surface area contributed by atoms with Crippen molar-refractivity contribution in [2.45, 2.75) is 31.7 Å². The highest BCUT2D eigenvalue weighted by Gasteiger charge is 2.28. The van der Waals surface area contributed by atoms with E-state index in [1.54, 1.807) is 12.1 Å². The van der Waals surface area contributed by atoms with E-state index in [1.165, 1.54) is 12.8 Å². The van der Waals surface area contributed by atoms with E-state index in [4.69, 9.17) is 4.42 Å². The van der Waals surface area contributed by atoms with Crippen LogP contribution in [-0.4, -0.2) is 28.7 Å². The molecule has 1 fully saturated rings. The van der Waals surface area contributed by atoms with Crippen LogP contribution >= 0.6 is 31.9 Å². The zero-order valence-electron chi connectivity index (χ0n) is 9.49. The Kier molecular flexibility index (Phi) is 4.68. The smallest absolute Gasteiger partial charge is 0.289 e. The largest absolute Gasteiger partial charge is 0.444 e. The number of halogens is 2. The average Bonchev–Trinajstić information content (AvgIpc) is 2.95. The van der Waals surface area contributed by atoms with E-state index in [1.807, 2.05) is 4.90 Å². The molecular formula is C12H15Br2NO2. The molecule has 0 radical (unpaired) electrons. The highest BCUT2D eigenvalue weighted by atomic mass is 79.9. The third-order valence-electron chi connectivity index (χ3n) is 3.14. The lowest BCUT2D eigenvalue weighted by Crippen LogP contribution is -2.39. The molecule has 3 nitrogen and oxygen atoms in total. The highest BCUT2D eigenvalue weighted by Crippen LogP contribution is 2.26. The Hall–Kier alpha value is -0.290. The first-order valence-corrected chi connectivity index (χ1v) is 7.76. The lowest BCUT2D eigenvalue weighted by molar-refractivity contribution is 0.0662. The molecule has 1 aliphatic carbocycles. The van der Waals surface area contributed by atoms with Gasteiger partial charge in [0.05, 0.1) is 0 Å². The maximum atomic E-state index is 12.3. The van der Waals surface area contributed by atoms with Crippen LogP contribution in [0.3, 0.4) is 0 Å². The summed E-state index contributed by atoms with van der Waals surface area (Å²) in [5.74, 6) is 0.423. The molecule has 0 unspecified atom stereocenters. The Balaban J connectivity index is 2.12. The molecule has 1 aliphatic rings. The first-order valence-electron chi connectivity index (χ1n) is 5.84. The quantitative estimate of drug-likeness (QED) is 0.761. The lowest BCUT2D eigenvalue weighted by atomic mass is 10.2. The van der Waals surface area contributed by atoms with Gasteiger partial charge in [0.25, 0.3) is 5.91 Å². The van der Waals surface area contributed by atoms with Gasteiger partial charge in [0.2, 0.25) is 0 Å². The number of nitrogens with zero attached hydrogens (tertiary/aromatic N) is 1. The summed E-state index contributed by atoms with van der Waals surface area (Å²) in [6.07, 6.45) is 4.67. The predicted octanol–water partition coefficient (Wildman–Crippen LogP) is 3.82. The minimum absolute atomic E-state index is 0.00190. The minimum Gasteiger partial charge on any atom is -0.444 e. The molecule has 0 spiro atoms. The Morgan fingerprint density at radius 2 is 2.12 bits per heavy atom. The summed E-state index contributed by atoms with van der Waals surface area (Å²) in [7, 11) is 0. The Bertz CT molecular complexity index is 386. The minimum atomic E-state index is 0.00190. The van der Waals surface area contributed by atoms with Crippen molar-refractivity contribution < 1.29 is 9.21 Å². The van der Waals surface area contributed by atoms with Crippen LogP contribution in [0.2, 0.25) is 0 Å². The van der Waals surface area contributed by atoms with E-state index in [-0.39, 0.29) is 5.91 Å². The van der Waals surface area contributed by atoms with E-state index in [0.717, 1.165) is 24.7 Å². The zero-order valence-corrected chi connectivity index (χ0v) is 12.7. The van der Waals surface area contributed by atoms with Gasteiger partial charge in [-0.15, -0.1) is 0 Å². The predicted molar refractivity (Wildman–Crippen MR) is 73.5 cm³/mol. The van der Waals surface area contributed by atoms with Crippen LogP contribution in [0, 0.1) is 0 Å². The molecular weight excluding hydrogens is 350 g/mol. The molecule has 94 valence electrons. The van der Waals surface area contributed by atoms with E-state index in [0.29, 0.717) is 16.5 Å². The zero-order chi connectivity index (χ0) is 12.3. The van der Waals surface area contributed by atoms with Gasteiger partial charge in [-0.25, -0.2) is 0 Å². The highest BCUT2D eigenvalue weighted by molar-refractivity contribution is 9.10. The molecule has 1 aromatic heterocycles. The van der Waals surface area contributed by atoms with Crippen LogP contribution in [0.5, 0.6) is 0 Å². The maximum Gasteiger partial charge on any atom is 0.289 e. The molecule has 0 N–H and O–H groups in total. The van der Waals surface area contributed by atoms with Crippen molar-refractivity contribution in [3.8, 4) is 0 Å². The molecule has 1 aromatic rings. The molecule has 2 rings (SSSR count). The van der Waals surface area contributed by atoms with Crippen LogP contribution in [0.15, 0.2) is 21.2 Å². The van der Waals surface area contributed by atoms with Gasteiger partial charge in [0.1, 0.15) is 0 Å². The fourth-order valence-electron chi connectivity index (χ4n) is 2.33. The van der Waals surface area contributed by atoms with Crippen molar-refractivity contribution in [2.75, 3.05) is 11.9 Å². The molecule has 0 aromatic carbocycles. The molecule has 1 saturated carbocycles. The van der Waals surface area contributed by atoms with Gasteiger partial charge < -0.3 is 9.32 Å². The third kappa shape index (κ3) is 3.13. The fourth-order valence-corrected chi connectivity index (χ4v) is 3.02. The number of hydrogen-bond donors (Lipinski definition) is 0. The summed E-state index contributed by atoms with van der Waals surface area (Å²) < 4.78 is 5.95. The molecule has 1 heterocycles. The third-order valence-corrected chi connectivity index (χ3v) is 3.92. The summed E-state index contributed by atoms with van der Waals surface area (Å²) in [6, 6.07) is 3.86. The number of amides is 1. The molecule has 0 saturated heterocycles. The van der Waals surface area contributed by atoms with Crippen molar-refractivity contribution in [2.24, 2.45) is 0 Å². The molecule has 17 heavy (non-hydrogen) atoms. The van der Waals surface area contributed by atoms with Crippen molar-refractivity contribution in [1.29, 1.82) is 0 Å². The maximum absolute atomic E-state index is 12.3. The van der Waals surface area contributed by atoms with Crippen molar-refractivity contribution >= 4 is 37.8 Å². The standard InChI is InChI=1S/C12H15Br2NO2/c13-7-8-15(9-3-1-2-4-9)12(16)10-5-6-11(14)17-10/h5-6,9H,1-4,7-8H2. The Morgan fingerprint density at radius 1 is 1.41 bits per heavy atom. The second kappa shape index (κ2) is 6.05. The summed E-state index contributed by atoms with van der Waals surface area (Å²) in [6.45, 7) is 0.738. The van der Waals surface area contributed by atoms with Crippen LogP contribution in [0.25, 0.3) is 0 Å². The van der Waals surface area contributed by atoms with Crippen LogP contribution in [0.1, 0.15) is 36.2 Å². The van der Waals surface area contributed by atoms with E-state index in [9.17, 15) is 4.79 Å². The van der Waals surface area contributed by atoms with Crippen molar-refractivity contribution in [1.82, 2.24) is 4.90 Å². The average molecular weight is 365 g/mol. The number of carbonyl (C=O) groups excluding carboxylic acids is 1. The molecule has 5 heteroatoms. The molecule has 1 amide bonds. The lowest BCUT2D eigenvalue weighted by Gasteiger charge is -2.27.